The van der Waals surface area contributed by atoms with Crippen molar-refractivity contribution in [1.82, 2.24) is 9.97 Å². The predicted octanol–water partition coefficient (Wildman–Crippen LogP) is 5.20. The van der Waals surface area contributed by atoms with E-state index >= 15 is 0 Å². The van der Waals surface area contributed by atoms with Crippen LogP contribution in [0.25, 0.3) is 21.8 Å². The van der Waals surface area contributed by atoms with Crippen LogP contribution in [0.1, 0.15) is 12.5 Å². The van der Waals surface area contributed by atoms with Crippen molar-refractivity contribution in [2.75, 3.05) is 20.8 Å². The fourth-order valence-electron chi connectivity index (χ4n) is 3.36. The van der Waals surface area contributed by atoms with E-state index in [9.17, 15) is 4.79 Å². The van der Waals surface area contributed by atoms with Crippen molar-refractivity contribution in [2.45, 2.75) is 13.5 Å². The highest BCUT2D eigenvalue weighted by Crippen LogP contribution is 2.36. The number of hydrogen-bond acceptors (Lipinski definition) is 7. The molecule has 0 aliphatic carbocycles. The molecule has 1 N–H and O–H groups in total. The van der Waals surface area contributed by atoms with Crippen LogP contribution >= 0.6 is 0 Å². The summed E-state index contributed by atoms with van der Waals surface area (Å²) in [6.45, 7) is 2.12. The highest BCUT2D eigenvalue weighted by molar-refractivity contribution is 6.09. The van der Waals surface area contributed by atoms with Crippen LogP contribution in [-0.4, -0.2) is 36.9 Å². The molecule has 0 aliphatic rings. The van der Waals surface area contributed by atoms with Crippen molar-refractivity contribution >= 4 is 28.0 Å². The van der Waals surface area contributed by atoms with Crippen LogP contribution in [0.4, 0.5) is 4.79 Å². The van der Waals surface area contributed by atoms with Crippen LogP contribution in [0.3, 0.4) is 0 Å². The molecule has 2 aromatic heterocycles. The Morgan fingerprint density at radius 3 is 2.45 bits per heavy atom. The summed E-state index contributed by atoms with van der Waals surface area (Å²) in [6.07, 6.45) is 0.808. The van der Waals surface area contributed by atoms with Gasteiger partial charge in [0.15, 0.2) is 0 Å². The van der Waals surface area contributed by atoms with E-state index in [1.54, 1.807) is 27.3 Å². The number of pyridine rings is 1. The van der Waals surface area contributed by atoms with Gasteiger partial charge in [0.25, 0.3) is 0 Å². The summed E-state index contributed by atoms with van der Waals surface area (Å²) in [7, 11) is 3.19. The van der Waals surface area contributed by atoms with Gasteiger partial charge >= 0.3 is 6.16 Å². The monoisotopic (exact) mass is 422 g/mol. The van der Waals surface area contributed by atoms with E-state index in [-0.39, 0.29) is 19.1 Å². The van der Waals surface area contributed by atoms with Gasteiger partial charge in [-0.05, 0) is 49.4 Å². The molecule has 0 unspecified atom stereocenters. The third-order valence-corrected chi connectivity index (χ3v) is 4.70. The Hall–Kier alpha value is -3.78. The Balaban J connectivity index is 1.77. The van der Waals surface area contributed by atoms with Crippen molar-refractivity contribution in [3.05, 3.63) is 54.2 Å². The molecule has 0 spiro atoms. The zero-order valence-electron chi connectivity index (χ0n) is 17.4. The molecule has 4 rings (SSSR count). The van der Waals surface area contributed by atoms with E-state index in [0.717, 1.165) is 27.6 Å². The zero-order chi connectivity index (χ0) is 21.8. The standard InChI is InChI=1S/C23H22N2O6/c1-4-29-23(26)31-22-18(13-27-2)21-17-11-16(9-10-19(17)25-20(21)12-24-22)30-15-7-5-14(28-3)6-8-15/h5-12,25H,4,13H2,1-3H3. The number of rotatable bonds is 7. The molecular weight excluding hydrogens is 400 g/mol. The second kappa shape index (κ2) is 8.93. The number of ether oxygens (including phenoxy) is 5. The summed E-state index contributed by atoms with van der Waals surface area (Å²) in [6, 6.07) is 13.1. The summed E-state index contributed by atoms with van der Waals surface area (Å²) in [5.74, 6) is 2.25. The van der Waals surface area contributed by atoms with E-state index in [1.807, 2.05) is 42.5 Å². The lowest BCUT2D eigenvalue weighted by atomic mass is 10.1. The first kappa shape index (κ1) is 20.5. The number of H-pyrrole nitrogens is 1. The van der Waals surface area contributed by atoms with Gasteiger partial charge in [0.05, 0.1) is 37.6 Å². The van der Waals surface area contributed by atoms with Crippen LogP contribution in [0.5, 0.6) is 23.1 Å². The number of nitrogens with one attached hydrogen (secondary N) is 1. The van der Waals surface area contributed by atoms with Gasteiger partial charge in [-0.3, -0.25) is 0 Å². The molecule has 8 heteroatoms. The number of benzene rings is 2. The Morgan fingerprint density at radius 1 is 1.00 bits per heavy atom. The highest BCUT2D eigenvalue weighted by Gasteiger charge is 2.19. The molecule has 0 fully saturated rings. The first-order chi connectivity index (χ1) is 15.1. The Kier molecular flexibility index (Phi) is 5.90. The predicted molar refractivity (Wildman–Crippen MR) is 115 cm³/mol. The van der Waals surface area contributed by atoms with Gasteiger partial charge < -0.3 is 28.7 Å². The van der Waals surface area contributed by atoms with Gasteiger partial charge in [0.2, 0.25) is 5.88 Å². The molecule has 31 heavy (non-hydrogen) atoms. The zero-order valence-corrected chi connectivity index (χ0v) is 17.4. The maximum atomic E-state index is 11.8. The molecule has 0 bridgehead atoms. The fourth-order valence-corrected chi connectivity index (χ4v) is 3.36. The topological polar surface area (TPSA) is 91.9 Å². The minimum atomic E-state index is -0.810. The number of aromatic nitrogens is 2. The number of nitrogens with zero attached hydrogens (tertiary/aromatic N) is 1. The lowest BCUT2D eigenvalue weighted by Gasteiger charge is -2.10. The molecule has 0 saturated carbocycles. The molecule has 2 heterocycles. The molecular formula is C23H22N2O6. The molecule has 0 radical (unpaired) electrons. The fraction of sp³-hybridized carbons (Fsp3) is 0.217. The summed E-state index contributed by atoms with van der Waals surface area (Å²) < 4.78 is 26.7. The van der Waals surface area contributed by atoms with Gasteiger partial charge in [-0.25, -0.2) is 9.78 Å². The minimum Gasteiger partial charge on any atom is -0.497 e. The van der Waals surface area contributed by atoms with E-state index < -0.39 is 6.16 Å². The SMILES string of the molecule is CCOC(=O)Oc1ncc2[nH]c3ccc(Oc4ccc(OC)cc4)cc3c2c1COC. The number of carbonyl (C=O) groups is 1. The number of fused-ring (bicyclic) bond motifs is 3. The van der Waals surface area contributed by atoms with Crippen LogP contribution < -0.4 is 14.2 Å². The lowest BCUT2D eigenvalue weighted by Crippen LogP contribution is -2.12. The third-order valence-electron chi connectivity index (χ3n) is 4.70. The Morgan fingerprint density at radius 2 is 1.74 bits per heavy atom. The molecule has 8 nitrogen and oxygen atoms in total. The number of methoxy groups -OCH3 is 2. The molecule has 2 aromatic carbocycles. The molecule has 0 amide bonds. The quantitative estimate of drug-likeness (QED) is 0.409. The summed E-state index contributed by atoms with van der Waals surface area (Å²) in [4.78, 5) is 19.4. The van der Waals surface area contributed by atoms with Crippen LogP contribution in [-0.2, 0) is 16.1 Å². The van der Waals surface area contributed by atoms with Gasteiger partial charge in [0, 0.05) is 23.4 Å². The van der Waals surface area contributed by atoms with Crippen LogP contribution in [0.15, 0.2) is 48.7 Å². The molecule has 160 valence electrons. The van der Waals surface area contributed by atoms with Crippen LogP contribution in [0, 0.1) is 0 Å². The van der Waals surface area contributed by atoms with E-state index in [1.165, 1.54) is 0 Å². The first-order valence-electron chi connectivity index (χ1n) is 9.71. The van der Waals surface area contributed by atoms with Gasteiger partial charge in [-0.1, -0.05) is 0 Å². The smallest absolute Gasteiger partial charge is 0.497 e. The maximum absolute atomic E-state index is 11.8. The Bertz CT molecular complexity index is 1220. The van der Waals surface area contributed by atoms with E-state index in [0.29, 0.717) is 17.1 Å². The largest absolute Gasteiger partial charge is 0.515 e. The third kappa shape index (κ3) is 4.24. The molecule has 0 atom stereocenters. The van der Waals surface area contributed by atoms with Gasteiger partial charge in [-0.2, -0.15) is 0 Å². The molecule has 0 saturated heterocycles. The molecule has 0 aliphatic heterocycles. The lowest BCUT2D eigenvalue weighted by molar-refractivity contribution is 0.101. The Labute approximate surface area is 178 Å². The second-order valence-corrected chi connectivity index (χ2v) is 6.66. The average molecular weight is 422 g/mol. The highest BCUT2D eigenvalue weighted by atomic mass is 16.7. The van der Waals surface area contributed by atoms with Crippen molar-refractivity contribution in [3.8, 4) is 23.1 Å². The normalized spacial score (nSPS) is 10.9. The molecule has 4 aromatic rings. The summed E-state index contributed by atoms with van der Waals surface area (Å²) in [5.41, 5.74) is 2.32. The second-order valence-electron chi connectivity index (χ2n) is 6.66. The number of carbonyl (C=O) groups excluding carboxylic acids is 1. The van der Waals surface area contributed by atoms with Crippen molar-refractivity contribution in [3.63, 3.8) is 0 Å². The van der Waals surface area contributed by atoms with Crippen molar-refractivity contribution < 1.29 is 28.5 Å². The maximum Gasteiger partial charge on any atom is 0.515 e. The summed E-state index contributed by atoms with van der Waals surface area (Å²) >= 11 is 0. The van der Waals surface area contributed by atoms with E-state index in [2.05, 4.69) is 9.97 Å². The first-order valence-corrected chi connectivity index (χ1v) is 9.71. The summed E-state index contributed by atoms with van der Waals surface area (Å²) in [5, 5.41) is 1.73. The van der Waals surface area contributed by atoms with Crippen LogP contribution in [0.2, 0.25) is 0 Å². The average Bonchev–Trinajstić information content (AvgIpc) is 3.14. The van der Waals surface area contributed by atoms with Crippen molar-refractivity contribution in [1.29, 1.82) is 0 Å². The van der Waals surface area contributed by atoms with Gasteiger partial charge in [-0.15, -0.1) is 0 Å². The van der Waals surface area contributed by atoms with E-state index in [4.69, 9.17) is 23.7 Å². The number of hydrogen-bond donors (Lipinski definition) is 1. The minimum absolute atomic E-state index is 0.148. The number of aromatic amines is 1. The van der Waals surface area contributed by atoms with Gasteiger partial charge in [0.1, 0.15) is 17.2 Å². The van der Waals surface area contributed by atoms with Crippen molar-refractivity contribution in [2.24, 2.45) is 0 Å².